The Hall–Kier alpha value is -2.77. The van der Waals surface area contributed by atoms with Gasteiger partial charge in [0.15, 0.2) is 11.5 Å². The van der Waals surface area contributed by atoms with E-state index in [1.54, 1.807) is 0 Å². The Kier molecular flexibility index (Phi) is 12.4. The maximum absolute atomic E-state index is 12.2. The van der Waals surface area contributed by atoms with E-state index in [0.717, 1.165) is 55.1 Å². The molecule has 0 aromatic heterocycles. The summed E-state index contributed by atoms with van der Waals surface area (Å²) in [5.74, 6) is 1.13. The van der Waals surface area contributed by atoms with Gasteiger partial charge < -0.3 is 30.5 Å². The molecular weight excluding hydrogens is 442 g/mol. The van der Waals surface area contributed by atoms with Crippen molar-refractivity contribution >= 4 is 11.6 Å². The fourth-order valence-electron chi connectivity index (χ4n) is 4.28. The summed E-state index contributed by atoms with van der Waals surface area (Å²) < 4.78 is 11.7. The van der Waals surface area contributed by atoms with Crippen LogP contribution >= 0.6 is 0 Å². The van der Waals surface area contributed by atoms with Crippen LogP contribution in [0.2, 0.25) is 0 Å². The van der Waals surface area contributed by atoms with Crippen LogP contribution in [0.4, 0.5) is 5.69 Å². The van der Waals surface area contributed by atoms with Crippen molar-refractivity contribution in [1.82, 2.24) is 5.32 Å². The zero-order chi connectivity index (χ0) is 25.6. The third-order valence-corrected chi connectivity index (χ3v) is 5.77. The first kappa shape index (κ1) is 28.5. The molecule has 0 radical (unpaired) electrons. The molecule has 1 heterocycles. The number of aliphatic hydroxyl groups is 1. The predicted octanol–water partition coefficient (Wildman–Crippen LogP) is 3.95. The third kappa shape index (κ3) is 8.44. The number of hydrogen-bond acceptors (Lipinski definition) is 6. The van der Waals surface area contributed by atoms with Crippen molar-refractivity contribution in [3.8, 4) is 11.5 Å². The molecular formula is C28H43N3O4. The molecule has 7 heteroatoms. The molecule has 0 saturated heterocycles. The van der Waals surface area contributed by atoms with E-state index in [9.17, 15) is 4.79 Å². The number of nitrogens with two attached hydrogens (primary N) is 1. The van der Waals surface area contributed by atoms with Gasteiger partial charge in [0.1, 0.15) is 6.61 Å². The number of amides is 1. The lowest BCUT2D eigenvalue weighted by atomic mass is 9.98. The topological polar surface area (TPSA) is 97.1 Å². The Balaban J connectivity index is 0.00000210. The second kappa shape index (κ2) is 15.3. The van der Waals surface area contributed by atoms with Crippen molar-refractivity contribution in [3.05, 3.63) is 53.1 Å². The molecule has 1 amide bonds. The highest BCUT2D eigenvalue weighted by Gasteiger charge is 2.25. The number of benzene rings is 2. The summed E-state index contributed by atoms with van der Waals surface area (Å²) in [6.07, 6.45) is 3.32. The molecule has 3 rings (SSSR count). The van der Waals surface area contributed by atoms with Crippen molar-refractivity contribution in [2.24, 2.45) is 5.73 Å². The van der Waals surface area contributed by atoms with Gasteiger partial charge in [0.25, 0.3) is 5.91 Å². The number of carbonyl (C=O) groups is 1. The quantitative estimate of drug-likeness (QED) is 0.351. The number of nitrogens with one attached hydrogen (secondary N) is 1. The molecule has 7 nitrogen and oxygen atoms in total. The van der Waals surface area contributed by atoms with Gasteiger partial charge in [0.2, 0.25) is 0 Å². The Bertz CT molecular complexity index is 919. The number of carbonyl (C=O) groups excluding carboxylic acids is 1. The number of aliphatic hydroxyl groups excluding tert-OH is 1. The van der Waals surface area contributed by atoms with E-state index in [1.165, 1.54) is 5.56 Å². The molecule has 0 fully saturated rings. The molecule has 0 unspecified atom stereocenters. The summed E-state index contributed by atoms with van der Waals surface area (Å²) in [5, 5.41) is 12.7. The molecule has 0 spiro atoms. The molecule has 0 saturated carbocycles. The highest BCUT2D eigenvalue weighted by molar-refractivity contribution is 6.00. The lowest BCUT2D eigenvalue weighted by molar-refractivity contribution is 0.100. The molecule has 35 heavy (non-hydrogen) atoms. The number of primary amides is 1. The molecule has 194 valence electrons. The van der Waals surface area contributed by atoms with Crippen LogP contribution in [-0.2, 0) is 12.8 Å². The van der Waals surface area contributed by atoms with Crippen molar-refractivity contribution < 1.29 is 19.4 Å². The lowest BCUT2D eigenvalue weighted by Gasteiger charge is -2.22. The first-order valence-corrected chi connectivity index (χ1v) is 12.9. The summed E-state index contributed by atoms with van der Waals surface area (Å²) in [5.41, 5.74) is 9.51. The van der Waals surface area contributed by atoms with Crippen LogP contribution in [-0.4, -0.2) is 56.5 Å². The molecule has 1 aliphatic rings. The van der Waals surface area contributed by atoms with Gasteiger partial charge in [-0.15, -0.1) is 0 Å². The number of ether oxygens (including phenoxy) is 2. The third-order valence-electron chi connectivity index (χ3n) is 5.77. The first-order chi connectivity index (χ1) is 17.0. The van der Waals surface area contributed by atoms with Crippen LogP contribution in [0, 0.1) is 0 Å². The van der Waals surface area contributed by atoms with Crippen LogP contribution in [0.3, 0.4) is 0 Å². The molecule has 1 atom stereocenters. The monoisotopic (exact) mass is 485 g/mol. The predicted molar refractivity (Wildman–Crippen MR) is 143 cm³/mol. The van der Waals surface area contributed by atoms with Gasteiger partial charge in [-0.3, -0.25) is 4.79 Å². The molecule has 2 aromatic rings. The van der Waals surface area contributed by atoms with Gasteiger partial charge in [-0.05, 0) is 61.9 Å². The average Bonchev–Trinajstić information content (AvgIpc) is 3.28. The van der Waals surface area contributed by atoms with Crippen molar-refractivity contribution in [2.45, 2.75) is 59.4 Å². The van der Waals surface area contributed by atoms with E-state index >= 15 is 0 Å². The highest BCUT2D eigenvalue weighted by atomic mass is 16.5. The fourth-order valence-corrected chi connectivity index (χ4v) is 4.28. The lowest BCUT2D eigenvalue weighted by Crippen LogP contribution is -2.32. The normalized spacial score (nSPS) is 13.0. The Labute approximate surface area is 210 Å². The molecule has 2 aromatic carbocycles. The first-order valence-electron chi connectivity index (χ1n) is 12.9. The van der Waals surface area contributed by atoms with Crippen molar-refractivity contribution in [2.75, 3.05) is 44.4 Å². The molecule has 4 N–H and O–H groups in total. The van der Waals surface area contributed by atoms with E-state index in [2.05, 4.69) is 30.1 Å². The molecule has 0 aliphatic carbocycles. The van der Waals surface area contributed by atoms with Crippen LogP contribution < -0.4 is 25.4 Å². The maximum atomic E-state index is 12.2. The van der Waals surface area contributed by atoms with Gasteiger partial charge in [-0.25, -0.2) is 0 Å². The van der Waals surface area contributed by atoms with E-state index in [0.29, 0.717) is 31.7 Å². The number of fused-ring (bicyclic) bond motifs is 1. The highest BCUT2D eigenvalue weighted by Crippen LogP contribution is 2.33. The minimum atomic E-state index is -0.401. The van der Waals surface area contributed by atoms with Gasteiger partial charge in [-0.2, -0.15) is 0 Å². The maximum Gasteiger partial charge on any atom is 0.250 e. The second-order valence-electron chi connectivity index (χ2n) is 8.53. The summed E-state index contributed by atoms with van der Waals surface area (Å²) in [4.78, 5) is 14.3. The number of anilines is 1. The molecule has 0 bridgehead atoms. The average molecular weight is 486 g/mol. The number of hydrogen-bond donors (Lipinski definition) is 3. The van der Waals surface area contributed by atoms with E-state index in [-0.39, 0.29) is 12.6 Å². The zero-order valence-corrected chi connectivity index (χ0v) is 21.8. The summed E-state index contributed by atoms with van der Waals surface area (Å²) in [6, 6.07) is 12.1. The van der Waals surface area contributed by atoms with Crippen LogP contribution in [0.1, 0.15) is 62.0 Å². The van der Waals surface area contributed by atoms with E-state index < -0.39 is 5.91 Å². The van der Waals surface area contributed by atoms with Gasteiger partial charge in [0, 0.05) is 32.3 Å². The number of para-hydroxylation sites is 2. The number of nitrogens with zero attached hydrogens (tertiary/aromatic N) is 1. The minimum Gasteiger partial charge on any atom is -0.490 e. The summed E-state index contributed by atoms with van der Waals surface area (Å²) in [7, 11) is 0. The minimum absolute atomic E-state index is 0.139. The Morgan fingerprint density at radius 2 is 1.86 bits per heavy atom. The van der Waals surface area contributed by atoms with E-state index in [4.69, 9.17) is 20.3 Å². The van der Waals surface area contributed by atoms with Crippen molar-refractivity contribution in [3.63, 3.8) is 0 Å². The molecule has 1 aliphatic heterocycles. The van der Waals surface area contributed by atoms with Crippen LogP contribution in [0.5, 0.6) is 11.5 Å². The second-order valence-corrected chi connectivity index (χ2v) is 8.53. The van der Waals surface area contributed by atoms with Crippen LogP contribution in [0.25, 0.3) is 0 Å². The number of rotatable bonds is 14. The zero-order valence-electron chi connectivity index (χ0n) is 21.8. The van der Waals surface area contributed by atoms with E-state index in [1.807, 2.05) is 44.2 Å². The van der Waals surface area contributed by atoms with Crippen molar-refractivity contribution in [1.29, 1.82) is 0 Å². The van der Waals surface area contributed by atoms with Gasteiger partial charge in [0.05, 0.1) is 17.9 Å². The Morgan fingerprint density at radius 1 is 1.17 bits per heavy atom. The largest absolute Gasteiger partial charge is 0.490 e. The van der Waals surface area contributed by atoms with Gasteiger partial charge in [-0.1, -0.05) is 39.0 Å². The standard InChI is InChI=1S/C26H37N3O4.C2H6/c1-3-14-32-23-7-4-5-8-24(23)33-15-10-28-19(2)16-20-17-21-9-12-29(11-6-13-30)25(21)22(18-20)26(27)31;1-2/h4-5,7-8,17-19,28,30H,3,6,9-16H2,1-2H3,(H2,27,31);1-2H3/t19-;/m1./s1. The Morgan fingerprint density at radius 3 is 2.49 bits per heavy atom. The SMILES string of the molecule is CC.CCCOc1ccccc1OCCN[C@H](C)Cc1cc2c(c(C(N)=O)c1)N(CCCO)CC2. The smallest absolute Gasteiger partial charge is 0.250 e. The summed E-state index contributed by atoms with van der Waals surface area (Å²) in [6.45, 7) is 11.8. The van der Waals surface area contributed by atoms with Crippen LogP contribution in [0.15, 0.2) is 36.4 Å². The fraction of sp³-hybridized carbons (Fsp3) is 0.536. The van der Waals surface area contributed by atoms with Gasteiger partial charge >= 0.3 is 0 Å². The summed E-state index contributed by atoms with van der Waals surface area (Å²) >= 11 is 0.